The van der Waals surface area contributed by atoms with Gasteiger partial charge in [-0.05, 0) is 37.0 Å². The first-order chi connectivity index (χ1) is 33.1. The van der Waals surface area contributed by atoms with E-state index in [1.165, 1.54) is 225 Å². The molecular weight excluding hydrogens is 841 g/mol. The van der Waals surface area contributed by atoms with E-state index in [1.807, 2.05) is 0 Å². The van der Waals surface area contributed by atoms with E-state index >= 15 is 0 Å². The Labute approximate surface area is 425 Å². The number of unbranched alkanes of at least 4 members (excludes halogenated alkanes) is 38. The first kappa shape index (κ1) is 66.4. The average Bonchev–Trinajstić information content (AvgIpc) is 3.30. The maximum absolute atomic E-state index is 12.9. The van der Waals surface area contributed by atoms with Gasteiger partial charge in [0.2, 0.25) is 0 Å². The van der Waals surface area contributed by atoms with Gasteiger partial charge in [-0.1, -0.05) is 305 Å². The summed E-state index contributed by atoms with van der Waals surface area (Å²) in [5, 5.41) is 0. The van der Waals surface area contributed by atoms with E-state index in [2.05, 4.69) is 41.5 Å². The number of rotatable bonds is 55. The van der Waals surface area contributed by atoms with Gasteiger partial charge in [0, 0.05) is 19.3 Å². The van der Waals surface area contributed by atoms with Crippen molar-refractivity contribution in [2.75, 3.05) is 13.2 Å². The maximum atomic E-state index is 12.9. The van der Waals surface area contributed by atoms with Crippen LogP contribution in [0.4, 0.5) is 0 Å². The van der Waals surface area contributed by atoms with Crippen molar-refractivity contribution < 1.29 is 28.6 Å². The summed E-state index contributed by atoms with van der Waals surface area (Å²) >= 11 is 0. The first-order valence-corrected chi connectivity index (χ1v) is 30.6. The van der Waals surface area contributed by atoms with Crippen LogP contribution in [-0.4, -0.2) is 37.2 Å². The fourth-order valence-corrected chi connectivity index (χ4v) is 9.53. The highest BCUT2D eigenvalue weighted by Crippen LogP contribution is 2.19. The average molecular weight is 962 g/mol. The van der Waals surface area contributed by atoms with Crippen LogP contribution < -0.4 is 0 Å². The van der Waals surface area contributed by atoms with Crippen LogP contribution in [0.1, 0.15) is 343 Å². The number of carbonyl (C=O) groups is 3. The molecule has 6 heteroatoms. The van der Waals surface area contributed by atoms with Crippen molar-refractivity contribution in [1.82, 2.24) is 0 Å². The Balaban J connectivity index is 4.23. The molecule has 0 N–H and O–H groups in total. The summed E-state index contributed by atoms with van der Waals surface area (Å²) in [5.74, 6) is 1.66. The molecule has 68 heavy (non-hydrogen) atoms. The van der Waals surface area contributed by atoms with Gasteiger partial charge in [0.25, 0.3) is 0 Å². The Kier molecular flexibility index (Phi) is 52.0. The molecule has 0 aromatic carbocycles. The molecule has 0 saturated heterocycles. The van der Waals surface area contributed by atoms with Gasteiger partial charge >= 0.3 is 17.9 Å². The highest BCUT2D eigenvalue weighted by molar-refractivity contribution is 5.71. The molecule has 0 rings (SSSR count). The number of ether oxygens (including phenoxy) is 3. The SMILES string of the molecule is CC(C)CCCCCCCCCCCCCCCCCCCCC(=O)OC[C@@H](COC(=O)CCCCCCCCCCC(C)C)OC(=O)CCCCCCCCCCCCCCCCCC(C)C. The summed E-state index contributed by atoms with van der Waals surface area (Å²) in [6, 6.07) is 0. The predicted molar refractivity (Wildman–Crippen MR) is 293 cm³/mol. The molecule has 0 aromatic heterocycles. The zero-order valence-corrected chi connectivity index (χ0v) is 46.9. The van der Waals surface area contributed by atoms with Gasteiger partial charge in [-0.2, -0.15) is 0 Å². The van der Waals surface area contributed by atoms with Crippen LogP contribution in [0, 0.1) is 17.8 Å². The molecule has 0 unspecified atom stereocenters. The van der Waals surface area contributed by atoms with Crippen LogP contribution in [0.2, 0.25) is 0 Å². The molecule has 0 aromatic rings. The number of hydrogen-bond acceptors (Lipinski definition) is 6. The lowest BCUT2D eigenvalue weighted by molar-refractivity contribution is -0.167. The fraction of sp³-hybridized carbons (Fsp3) is 0.952. The third kappa shape index (κ3) is 55.3. The third-order valence-electron chi connectivity index (χ3n) is 14.1. The summed E-state index contributed by atoms with van der Waals surface area (Å²) in [6.45, 7) is 13.8. The second kappa shape index (κ2) is 53.2. The summed E-state index contributed by atoms with van der Waals surface area (Å²) in [5.41, 5.74) is 0. The number of carbonyl (C=O) groups excluding carboxylic acids is 3. The molecule has 6 nitrogen and oxygen atoms in total. The van der Waals surface area contributed by atoms with Gasteiger partial charge in [0.1, 0.15) is 13.2 Å². The Morgan fingerprint density at radius 1 is 0.250 bits per heavy atom. The second-order valence-corrected chi connectivity index (χ2v) is 22.8. The highest BCUT2D eigenvalue weighted by Gasteiger charge is 2.19. The van der Waals surface area contributed by atoms with Gasteiger partial charge in [-0.3, -0.25) is 14.4 Å². The molecule has 1 atom stereocenters. The summed E-state index contributed by atoms with van der Waals surface area (Å²) in [4.78, 5) is 38.2. The fourth-order valence-electron chi connectivity index (χ4n) is 9.53. The van der Waals surface area contributed by atoms with E-state index in [-0.39, 0.29) is 31.1 Å². The minimum atomic E-state index is -0.764. The molecule has 0 bridgehead atoms. The summed E-state index contributed by atoms with van der Waals surface area (Å²) in [6.07, 6.45) is 56.8. The van der Waals surface area contributed by atoms with Gasteiger partial charge in [-0.25, -0.2) is 0 Å². The number of hydrogen-bond donors (Lipinski definition) is 0. The van der Waals surface area contributed by atoms with Crippen molar-refractivity contribution >= 4 is 17.9 Å². The van der Waals surface area contributed by atoms with Gasteiger partial charge < -0.3 is 14.2 Å². The minimum Gasteiger partial charge on any atom is -0.462 e. The molecule has 0 radical (unpaired) electrons. The van der Waals surface area contributed by atoms with E-state index in [0.29, 0.717) is 19.3 Å². The molecule has 0 amide bonds. The van der Waals surface area contributed by atoms with Crippen LogP contribution in [0.3, 0.4) is 0 Å². The van der Waals surface area contributed by atoms with Crippen molar-refractivity contribution in [3.8, 4) is 0 Å². The Hall–Kier alpha value is -1.59. The quantitative estimate of drug-likeness (QED) is 0.0343. The smallest absolute Gasteiger partial charge is 0.306 e. The molecule has 0 heterocycles. The molecule has 0 spiro atoms. The van der Waals surface area contributed by atoms with Crippen molar-refractivity contribution in [3.05, 3.63) is 0 Å². The lowest BCUT2D eigenvalue weighted by atomic mass is 10.0. The Morgan fingerprint density at radius 2 is 0.426 bits per heavy atom. The van der Waals surface area contributed by atoms with E-state index in [4.69, 9.17) is 14.2 Å². The zero-order chi connectivity index (χ0) is 49.8. The van der Waals surface area contributed by atoms with Crippen LogP contribution >= 0.6 is 0 Å². The van der Waals surface area contributed by atoms with Crippen LogP contribution in [0.15, 0.2) is 0 Å². The predicted octanol–water partition coefficient (Wildman–Crippen LogP) is 20.3. The maximum Gasteiger partial charge on any atom is 0.306 e. The highest BCUT2D eigenvalue weighted by atomic mass is 16.6. The van der Waals surface area contributed by atoms with Crippen LogP contribution in [0.5, 0.6) is 0 Å². The first-order valence-electron chi connectivity index (χ1n) is 30.6. The van der Waals surface area contributed by atoms with Crippen molar-refractivity contribution in [2.24, 2.45) is 17.8 Å². The van der Waals surface area contributed by atoms with Gasteiger partial charge in [0.15, 0.2) is 6.10 Å². The molecule has 0 aliphatic carbocycles. The molecule has 0 fully saturated rings. The van der Waals surface area contributed by atoms with Crippen LogP contribution in [0.25, 0.3) is 0 Å². The van der Waals surface area contributed by atoms with Crippen molar-refractivity contribution in [1.29, 1.82) is 0 Å². The van der Waals surface area contributed by atoms with E-state index < -0.39 is 6.10 Å². The normalized spacial score (nSPS) is 12.1. The topological polar surface area (TPSA) is 78.9 Å². The van der Waals surface area contributed by atoms with Crippen molar-refractivity contribution in [2.45, 2.75) is 349 Å². The third-order valence-corrected chi connectivity index (χ3v) is 14.1. The standard InChI is InChI=1S/C62H120O6/c1-56(2)48-42-36-30-24-20-16-12-9-7-8-10-14-18-22-26-33-39-45-51-60(63)66-54-59(55-67-61(64)52-46-40-34-29-28-32-38-44-50-58(5)6)68-62(65)53-47-41-35-27-23-19-15-11-13-17-21-25-31-37-43-49-57(3)4/h56-59H,7-55H2,1-6H3/t59-/m0/s1. The van der Waals surface area contributed by atoms with E-state index in [1.54, 1.807) is 0 Å². The lowest BCUT2D eigenvalue weighted by Gasteiger charge is -2.18. The molecule has 0 saturated carbocycles. The molecular formula is C62H120O6. The van der Waals surface area contributed by atoms with Crippen LogP contribution in [-0.2, 0) is 28.6 Å². The molecule has 0 aliphatic heterocycles. The largest absolute Gasteiger partial charge is 0.462 e. The van der Waals surface area contributed by atoms with Gasteiger partial charge in [-0.15, -0.1) is 0 Å². The lowest BCUT2D eigenvalue weighted by Crippen LogP contribution is -2.30. The molecule has 0 aliphatic rings. The van der Waals surface area contributed by atoms with Gasteiger partial charge in [0.05, 0.1) is 0 Å². The van der Waals surface area contributed by atoms with Crippen molar-refractivity contribution in [3.63, 3.8) is 0 Å². The Bertz CT molecular complexity index is 1050. The minimum absolute atomic E-state index is 0.0634. The molecule has 404 valence electrons. The van der Waals surface area contributed by atoms with E-state index in [9.17, 15) is 14.4 Å². The Morgan fingerprint density at radius 3 is 0.632 bits per heavy atom. The monoisotopic (exact) mass is 961 g/mol. The number of esters is 3. The van der Waals surface area contributed by atoms with E-state index in [0.717, 1.165) is 75.5 Å². The zero-order valence-electron chi connectivity index (χ0n) is 46.9. The summed E-state index contributed by atoms with van der Waals surface area (Å²) < 4.78 is 16.9. The second-order valence-electron chi connectivity index (χ2n) is 22.8. The summed E-state index contributed by atoms with van der Waals surface area (Å²) in [7, 11) is 0.